The summed E-state index contributed by atoms with van der Waals surface area (Å²) in [4.78, 5) is 25.7. The number of ether oxygens (including phenoxy) is 2. The maximum Gasteiger partial charge on any atom is 0.305 e. The van der Waals surface area contributed by atoms with Crippen molar-refractivity contribution in [3.8, 4) is 0 Å². The van der Waals surface area contributed by atoms with Crippen LogP contribution < -0.4 is 0 Å². The second kappa shape index (κ2) is 7.34. The maximum absolute atomic E-state index is 12.4. The second-order valence-electron chi connectivity index (χ2n) is 6.51. The fraction of sp³-hybridized carbons (Fsp3) is 0.706. The van der Waals surface area contributed by atoms with Gasteiger partial charge in [-0.15, -0.1) is 0 Å². The number of carbonyl (C=O) groups is 2. The van der Waals surface area contributed by atoms with E-state index in [1.165, 1.54) is 6.20 Å². The van der Waals surface area contributed by atoms with Crippen LogP contribution in [0.4, 0.5) is 0 Å². The summed E-state index contributed by atoms with van der Waals surface area (Å²) in [7, 11) is 0. The van der Waals surface area contributed by atoms with E-state index in [9.17, 15) is 9.59 Å². The monoisotopic (exact) mass is 336 g/mol. The Hall–Kier alpha value is -1.89. The molecule has 0 unspecified atom stereocenters. The standard InChI is InChI=1S/C17H24N2O5/c1-2-22-15(20)5-4-13-6-9-17(23-13)8-3-11-19(12-17)16(21)14-7-10-18-24-14/h7,10,13H,2-6,8-9,11-12H2,1H3/t13-,17-/m0/s1. The quantitative estimate of drug-likeness (QED) is 0.767. The van der Waals surface area contributed by atoms with E-state index < -0.39 is 0 Å². The van der Waals surface area contributed by atoms with Crippen LogP contribution in [0.2, 0.25) is 0 Å². The van der Waals surface area contributed by atoms with Crippen molar-refractivity contribution in [1.82, 2.24) is 10.1 Å². The molecule has 0 bridgehead atoms. The molecule has 0 N–H and O–H groups in total. The van der Waals surface area contributed by atoms with Crippen molar-refractivity contribution in [1.29, 1.82) is 0 Å². The lowest BCUT2D eigenvalue weighted by Crippen LogP contribution is -2.50. The highest BCUT2D eigenvalue weighted by Gasteiger charge is 2.44. The Morgan fingerprint density at radius 1 is 1.46 bits per heavy atom. The van der Waals surface area contributed by atoms with Crippen molar-refractivity contribution in [2.24, 2.45) is 0 Å². The van der Waals surface area contributed by atoms with Crippen molar-refractivity contribution in [2.45, 2.75) is 57.2 Å². The van der Waals surface area contributed by atoms with E-state index in [-0.39, 0.29) is 29.3 Å². The van der Waals surface area contributed by atoms with Crippen LogP contribution in [0.3, 0.4) is 0 Å². The van der Waals surface area contributed by atoms with Gasteiger partial charge in [-0.25, -0.2) is 0 Å². The Morgan fingerprint density at radius 3 is 3.08 bits per heavy atom. The molecule has 2 saturated heterocycles. The van der Waals surface area contributed by atoms with Crippen molar-refractivity contribution in [3.63, 3.8) is 0 Å². The van der Waals surface area contributed by atoms with Gasteiger partial charge in [0.05, 0.1) is 31.1 Å². The minimum absolute atomic E-state index is 0.0646. The summed E-state index contributed by atoms with van der Waals surface area (Å²) in [5.41, 5.74) is -0.284. The summed E-state index contributed by atoms with van der Waals surface area (Å²) in [5.74, 6) is -0.0399. The Kier molecular flexibility index (Phi) is 5.18. The molecule has 2 fully saturated rings. The van der Waals surface area contributed by atoms with E-state index in [0.29, 0.717) is 32.5 Å². The molecule has 0 aromatic carbocycles. The second-order valence-corrected chi connectivity index (χ2v) is 6.51. The average molecular weight is 336 g/mol. The minimum atomic E-state index is -0.284. The molecule has 1 aromatic rings. The normalized spacial score (nSPS) is 26.7. The number of hydrogen-bond donors (Lipinski definition) is 0. The van der Waals surface area contributed by atoms with Crippen LogP contribution in [0.15, 0.2) is 16.8 Å². The zero-order valence-electron chi connectivity index (χ0n) is 14.0. The summed E-state index contributed by atoms with van der Waals surface area (Å²) in [6, 6.07) is 1.58. The van der Waals surface area contributed by atoms with Crippen LogP contribution in [0.1, 0.15) is 56.0 Å². The predicted molar refractivity (Wildman–Crippen MR) is 84.3 cm³/mol. The van der Waals surface area contributed by atoms with E-state index in [1.54, 1.807) is 17.9 Å². The summed E-state index contributed by atoms with van der Waals surface area (Å²) < 4.78 is 16.2. The first-order chi connectivity index (χ1) is 11.6. The zero-order chi connectivity index (χ0) is 17.0. The summed E-state index contributed by atoms with van der Waals surface area (Å²) in [6.45, 7) is 3.49. The van der Waals surface area contributed by atoms with Gasteiger partial charge in [0.2, 0.25) is 5.76 Å². The van der Waals surface area contributed by atoms with Gasteiger partial charge in [0, 0.05) is 19.0 Å². The molecule has 0 radical (unpaired) electrons. The fourth-order valence-electron chi connectivity index (χ4n) is 3.66. The molecule has 0 saturated carbocycles. The molecule has 2 atom stereocenters. The SMILES string of the molecule is CCOC(=O)CC[C@H]1CC[C@]2(CCCN(C(=O)c3ccno3)C2)O1. The van der Waals surface area contributed by atoms with Gasteiger partial charge in [-0.1, -0.05) is 5.16 Å². The Balaban J connectivity index is 1.54. The third kappa shape index (κ3) is 3.77. The van der Waals surface area contributed by atoms with Crippen molar-refractivity contribution in [2.75, 3.05) is 19.7 Å². The van der Waals surface area contributed by atoms with Crippen LogP contribution in [0.5, 0.6) is 0 Å². The van der Waals surface area contributed by atoms with Gasteiger partial charge in [0.15, 0.2) is 0 Å². The van der Waals surface area contributed by atoms with Gasteiger partial charge in [-0.05, 0) is 39.0 Å². The topological polar surface area (TPSA) is 81.9 Å². The molecule has 1 spiro atoms. The van der Waals surface area contributed by atoms with Crippen LogP contribution in [0.25, 0.3) is 0 Å². The molecule has 2 aliphatic rings. The first-order valence-electron chi connectivity index (χ1n) is 8.65. The molecule has 1 aromatic heterocycles. The van der Waals surface area contributed by atoms with Crippen LogP contribution in [-0.2, 0) is 14.3 Å². The van der Waals surface area contributed by atoms with Crippen LogP contribution >= 0.6 is 0 Å². The van der Waals surface area contributed by atoms with Gasteiger partial charge in [-0.3, -0.25) is 9.59 Å². The Morgan fingerprint density at radius 2 is 2.33 bits per heavy atom. The average Bonchev–Trinajstić information content (AvgIpc) is 3.23. The first kappa shape index (κ1) is 17.0. The van der Waals surface area contributed by atoms with Gasteiger partial charge in [0.25, 0.3) is 5.91 Å². The van der Waals surface area contributed by atoms with E-state index in [1.807, 2.05) is 0 Å². The first-order valence-corrected chi connectivity index (χ1v) is 8.65. The number of amides is 1. The summed E-state index contributed by atoms with van der Waals surface area (Å²) >= 11 is 0. The number of carbonyl (C=O) groups excluding carboxylic acids is 2. The lowest BCUT2D eigenvalue weighted by atomic mass is 9.89. The largest absolute Gasteiger partial charge is 0.466 e. The number of aromatic nitrogens is 1. The number of nitrogens with zero attached hydrogens (tertiary/aromatic N) is 2. The zero-order valence-corrected chi connectivity index (χ0v) is 14.0. The third-order valence-electron chi connectivity index (χ3n) is 4.79. The molecular weight excluding hydrogens is 312 g/mol. The van der Waals surface area contributed by atoms with Crippen LogP contribution in [-0.4, -0.2) is 53.3 Å². The molecule has 1 amide bonds. The Labute approximate surface area is 141 Å². The molecule has 24 heavy (non-hydrogen) atoms. The maximum atomic E-state index is 12.4. The molecule has 0 aliphatic carbocycles. The molecule has 2 aliphatic heterocycles. The summed E-state index contributed by atoms with van der Waals surface area (Å²) in [6.07, 6.45) is 6.30. The lowest BCUT2D eigenvalue weighted by molar-refractivity contribution is -0.144. The molecular formula is C17H24N2O5. The molecule has 132 valence electrons. The molecule has 7 heteroatoms. The van der Waals surface area contributed by atoms with Gasteiger partial charge in [0.1, 0.15) is 0 Å². The highest BCUT2D eigenvalue weighted by atomic mass is 16.5. The van der Waals surface area contributed by atoms with E-state index in [2.05, 4.69) is 5.16 Å². The summed E-state index contributed by atoms with van der Waals surface area (Å²) in [5, 5.41) is 3.60. The van der Waals surface area contributed by atoms with Crippen molar-refractivity contribution >= 4 is 11.9 Å². The number of esters is 1. The van der Waals surface area contributed by atoms with E-state index in [0.717, 1.165) is 25.7 Å². The van der Waals surface area contributed by atoms with E-state index >= 15 is 0 Å². The number of likely N-dealkylation sites (tertiary alicyclic amines) is 1. The van der Waals surface area contributed by atoms with Gasteiger partial charge in [-0.2, -0.15) is 0 Å². The van der Waals surface area contributed by atoms with Gasteiger partial charge < -0.3 is 18.9 Å². The fourth-order valence-corrected chi connectivity index (χ4v) is 3.66. The smallest absolute Gasteiger partial charge is 0.305 e. The van der Waals surface area contributed by atoms with Crippen molar-refractivity contribution < 1.29 is 23.6 Å². The highest BCUT2D eigenvalue weighted by Crippen LogP contribution is 2.39. The highest BCUT2D eigenvalue weighted by molar-refractivity contribution is 5.91. The number of piperidine rings is 1. The lowest BCUT2D eigenvalue weighted by Gasteiger charge is -2.39. The number of rotatable bonds is 5. The minimum Gasteiger partial charge on any atom is -0.466 e. The van der Waals surface area contributed by atoms with Gasteiger partial charge >= 0.3 is 5.97 Å². The third-order valence-corrected chi connectivity index (χ3v) is 4.79. The van der Waals surface area contributed by atoms with E-state index in [4.69, 9.17) is 14.0 Å². The predicted octanol–water partition coefficient (Wildman–Crippen LogP) is 2.17. The Bertz CT molecular complexity index is 574. The molecule has 7 nitrogen and oxygen atoms in total. The number of hydrogen-bond acceptors (Lipinski definition) is 6. The van der Waals surface area contributed by atoms with Crippen LogP contribution in [0, 0.1) is 0 Å². The molecule has 3 heterocycles. The molecule has 3 rings (SSSR count). The van der Waals surface area contributed by atoms with Crippen molar-refractivity contribution in [3.05, 3.63) is 18.0 Å².